The molecule has 1 N–H and O–H groups in total. The maximum Gasteiger partial charge on any atom is 0.00887 e. The Kier molecular flexibility index (Phi) is 5.71. The minimum atomic E-state index is 0.770. The highest BCUT2D eigenvalue weighted by Crippen LogP contribution is 2.27. The van der Waals surface area contributed by atoms with Gasteiger partial charge in [0.25, 0.3) is 0 Å². The lowest BCUT2D eigenvalue weighted by Crippen LogP contribution is -2.34. The topological polar surface area (TPSA) is 12.0 Å². The van der Waals surface area contributed by atoms with E-state index in [1.165, 1.54) is 45.1 Å². The molecule has 1 aliphatic rings. The Morgan fingerprint density at radius 3 is 3.00 bits per heavy atom. The molecule has 0 bridgehead atoms. The molecule has 1 saturated carbocycles. The van der Waals surface area contributed by atoms with Crippen LogP contribution in [0.25, 0.3) is 0 Å². The van der Waals surface area contributed by atoms with Crippen molar-refractivity contribution in [2.24, 2.45) is 5.92 Å². The summed E-state index contributed by atoms with van der Waals surface area (Å²) in [5, 5.41) is 3.63. The van der Waals surface area contributed by atoms with Crippen LogP contribution in [0.15, 0.2) is 0 Å². The molecule has 0 radical (unpaired) electrons. The van der Waals surface area contributed by atoms with Crippen molar-refractivity contribution in [2.75, 3.05) is 6.54 Å². The average molecular weight is 193 g/mol. The predicted molar refractivity (Wildman–Crippen MR) is 62.1 cm³/mol. The van der Waals surface area contributed by atoms with Gasteiger partial charge in [-0.1, -0.05) is 19.8 Å². The molecule has 1 nitrogen and oxygen atoms in total. The summed E-state index contributed by atoms with van der Waals surface area (Å²) in [6.45, 7) is 3.40. The van der Waals surface area contributed by atoms with Crippen molar-refractivity contribution in [3.8, 4) is 12.3 Å². The number of hydrogen-bond donors (Lipinski definition) is 1. The highest BCUT2D eigenvalue weighted by Gasteiger charge is 2.20. The van der Waals surface area contributed by atoms with Gasteiger partial charge in [0.15, 0.2) is 0 Å². The van der Waals surface area contributed by atoms with Crippen molar-refractivity contribution in [1.82, 2.24) is 5.32 Å². The fraction of sp³-hybridized carbons (Fsp3) is 0.846. The first-order valence-corrected chi connectivity index (χ1v) is 6.03. The minimum absolute atomic E-state index is 0.770. The molecular formula is C13H23N. The molecule has 0 aromatic heterocycles. The summed E-state index contributed by atoms with van der Waals surface area (Å²) in [6, 6.07) is 0.770. The second kappa shape index (κ2) is 6.90. The van der Waals surface area contributed by atoms with Crippen LogP contribution in [0.4, 0.5) is 0 Å². The molecule has 0 aromatic rings. The van der Waals surface area contributed by atoms with Crippen LogP contribution in [-0.2, 0) is 0 Å². The van der Waals surface area contributed by atoms with Crippen LogP contribution in [0.3, 0.4) is 0 Å². The zero-order valence-corrected chi connectivity index (χ0v) is 9.39. The lowest BCUT2D eigenvalue weighted by molar-refractivity contribution is 0.275. The smallest absolute Gasteiger partial charge is 0.00887 e. The third kappa shape index (κ3) is 4.15. The van der Waals surface area contributed by atoms with Crippen molar-refractivity contribution < 1.29 is 0 Å². The van der Waals surface area contributed by atoms with Crippen molar-refractivity contribution in [3.05, 3.63) is 0 Å². The van der Waals surface area contributed by atoms with Crippen molar-refractivity contribution in [3.63, 3.8) is 0 Å². The van der Waals surface area contributed by atoms with E-state index >= 15 is 0 Å². The molecule has 1 aliphatic carbocycles. The Labute approximate surface area is 88.7 Å². The molecule has 80 valence electrons. The zero-order valence-electron chi connectivity index (χ0n) is 9.39. The quantitative estimate of drug-likeness (QED) is 0.662. The summed E-state index contributed by atoms with van der Waals surface area (Å²) in [4.78, 5) is 0. The Hall–Kier alpha value is -0.480. The standard InChI is InChI=1S/C13H23N/c1-3-5-7-12-8-6-9-13(11-12)14-10-4-2/h1,12-14H,4-11H2,2H3. The highest BCUT2D eigenvalue weighted by atomic mass is 14.9. The van der Waals surface area contributed by atoms with Gasteiger partial charge in [0.05, 0.1) is 0 Å². The van der Waals surface area contributed by atoms with Crippen LogP contribution >= 0.6 is 0 Å². The molecule has 0 heterocycles. The molecule has 0 amide bonds. The van der Waals surface area contributed by atoms with Crippen LogP contribution in [0.2, 0.25) is 0 Å². The molecule has 0 saturated heterocycles. The van der Waals surface area contributed by atoms with Crippen LogP contribution in [0, 0.1) is 18.3 Å². The molecule has 1 rings (SSSR count). The molecule has 1 fully saturated rings. The molecule has 2 atom stereocenters. The first-order chi connectivity index (χ1) is 6.86. The van der Waals surface area contributed by atoms with Crippen molar-refractivity contribution >= 4 is 0 Å². The predicted octanol–water partition coefficient (Wildman–Crippen LogP) is 2.96. The summed E-state index contributed by atoms with van der Waals surface area (Å²) < 4.78 is 0. The molecule has 0 aliphatic heterocycles. The van der Waals surface area contributed by atoms with E-state index < -0.39 is 0 Å². The van der Waals surface area contributed by atoms with Crippen molar-refractivity contribution in [1.29, 1.82) is 0 Å². The molecule has 14 heavy (non-hydrogen) atoms. The van der Waals surface area contributed by atoms with Gasteiger partial charge in [0, 0.05) is 12.5 Å². The molecular weight excluding hydrogens is 170 g/mol. The summed E-state index contributed by atoms with van der Waals surface area (Å²) in [7, 11) is 0. The van der Waals surface area contributed by atoms with Gasteiger partial charge in [-0.2, -0.15) is 0 Å². The lowest BCUT2D eigenvalue weighted by Gasteiger charge is -2.29. The van der Waals surface area contributed by atoms with Gasteiger partial charge in [0.1, 0.15) is 0 Å². The second-order valence-corrected chi connectivity index (χ2v) is 4.43. The monoisotopic (exact) mass is 193 g/mol. The third-order valence-corrected chi connectivity index (χ3v) is 3.16. The van der Waals surface area contributed by atoms with E-state index in [0.29, 0.717) is 0 Å². The van der Waals surface area contributed by atoms with E-state index in [-0.39, 0.29) is 0 Å². The fourth-order valence-corrected chi connectivity index (χ4v) is 2.37. The summed E-state index contributed by atoms with van der Waals surface area (Å²) in [5.74, 6) is 3.64. The average Bonchev–Trinajstić information content (AvgIpc) is 2.24. The normalized spacial score (nSPS) is 27.1. The SMILES string of the molecule is C#CCCC1CCCC(NCCC)C1. The van der Waals surface area contributed by atoms with Gasteiger partial charge >= 0.3 is 0 Å². The van der Waals surface area contributed by atoms with Gasteiger partial charge < -0.3 is 5.32 Å². The number of rotatable bonds is 5. The van der Waals surface area contributed by atoms with Gasteiger partial charge in [-0.25, -0.2) is 0 Å². The molecule has 1 heteroatoms. The maximum atomic E-state index is 5.29. The van der Waals surface area contributed by atoms with Crippen LogP contribution in [-0.4, -0.2) is 12.6 Å². The summed E-state index contributed by atoms with van der Waals surface area (Å²) in [5.41, 5.74) is 0. The van der Waals surface area contributed by atoms with Crippen LogP contribution < -0.4 is 5.32 Å². The summed E-state index contributed by atoms with van der Waals surface area (Å²) >= 11 is 0. The van der Waals surface area contributed by atoms with E-state index in [1.807, 2.05) is 0 Å². The first kappa shape index (κ1) is 11.6. The molecule has 0 spiro atoms. The van der Waals surface area contributed by atoms with E-state index in [0.717, 1.165) is 18.4 Å². The molecule has 0 aromatic carbocycles. The maximum absolute atomic E-state index is 5.29. The summed E-state index contributed by atoms with van der Waals surface area (Å²) in [6.07, 6.45) is 14.2. The van der Waals surface area contributed by atoms with Crippen LogP contribution in [0.1, 0.15) is 51.9 Å². The Bertz CT molecular complexity index is 180. The van der Waals surface area contributed by atoms with E-state index in [4.69, 9.17) is 6.42 Å². The van der Waals surface area contributed by atoms with E-state index in [9.17, 15) is 0 Å². The molecule has 2 unspecified atom stereocenters. The van der Waals surface area contributed by atoms with Gasteiger partial charge in [-0.15, -0.1) is 12.3 Å². The minimum Gasteiger partial charge on any atom is -0.314 e. The number of nitrogens with one attached hydrogen (secondary N) is 1. The van der Waals surface area contributed by atoms with Crippen LogP contribution in [0.5, 0.6) is 0 Å². The first-order valence-electron chi connectivity index (χ1n) is 6.03. The third-order valence-electron chi connectivity index (χ3n) is 3.16. The Balaban J connectivity index is 2.18. The van der Waals surface area contributed by atoms with Crippen molar-refractivity contribution in [2.45, 2.75) is 57.9 Å². The van der Waals surface area contributed by atoms with Gasteiger partial charge in [-0.3, -0.25) is 0 Å². The van der Waals surface area contributed by atoms with Gasteiger partial charge in [0.2, 0.25) is 0 Å². The highest BCUT2D eigenvalue weighted by molar-refractivity contribution is 4.86. The lowest BCUT2D eigenvalue weighted by atomic mass is 9.83. The zero-order chi connectivity index (χ0) is 10.2. The Morgan fingerprint density at radius 2 is 2.29 bits per heavy atom. The van der Waals surface area contributed by atoms with E-state index in [2.05, 4.69) is 18.2 Å². The number of hydrogen-bond acceptors (Lipinski definition) is 1. The van der Waals surface area contributed by atoms with Gasteiger partial charge in [-0.05, 0) is 38.1 Å². The number of terminal acetylenes is 1. The van der Waals surface area contributed by atoms with E-state index in [1.54, 1.807) is 0 Å². The second-order valence-electron chi connectivity index (χ2n) is 4.43. The largest absolute Gasteiger partial charge is 0.314 e. The Morgan fingerprint density at radius 1 is 1.43 bits per heavy atom. The fourth-order valence-electron chi connectivity index (χ4n) is 2.37.